The van der Waals surface area contributed by atoms with Gasteiger partial charge in [0.2, 0.25) is 0 Å². The van der Waals surface area contributed by atoms with Crippen molar-refractivity contribution in [1.82, 2.24) is 5.32 Å². The largest absolute Gasteiger partial charge is 0.299 e. The van der Waals surface area contributed by atoms with Crippen molar-refractivity contribution in [3.05, 3.63) is 0 Å². The molecule has 1 heterocycles. The molecule has 0 aromatic rings. The number of hydrogen-bond donors (Lipinski definition) is 1. The van der Waals surface area contributed by atoms with E-state index < -0.39 is 0 Å². The second kappa shape index (κ2) is 3.82. The molecule has 3 unspecified atom stereocenters. The zero-order valence-electron chi connectivity index (χ0n) is 8.81. The second-order valence-corrected chi connectivity index (χ2v) is 5.95. The first-order chi connectivity index (χ1) is 6.27. The summed E-state index contributed by atoms with van der Waals surface area (Å²) in [5, 5.41) is 3.83. The van der Waals surface area contributed by atoms with E-state index in [2.05, 4.69) is 30.9 Å². The summed E-state index contributed by atoms with van der Waals surface area (Å²) in [4.78, 5) is 0.479. The van der Waals surface area contributed by atoms with Crippen LogP contribution in [-0.2, 0) is 0 Å². The van der Waals surface area contributed by atoms with E-state index in [1.54, 1.807) is 0 Å². The lowest BCUT2D eigenvalue weighted by atomic mass is 9.82. The molecule has 1 nitrogen and oxygen atoms in total. The highest BCUT2D eigenvalue weighted by Gasteiger charge is 2.44. The molecule has 0 bridgehead atoms. The van der Waals surface area contributed by atoms with Gasteiger partial charge in [0.15, 0.2) is 0 Å². The first-order valence-electron chi connectivity index (χ1n) is 5.68. The molecule has 2 fully saturated rings. The molecule has 13 heavy (non-hydrogen) atoms. The molecule has 1 aliphatic heterocycles. The van der Waals surface area contributed by atoms with Gasteiger partial charge in [0, 0.05) is 11.8 Å². The minimum Gasteiger partial charge on any atom is -0.299 e. The third-order valence-electron chi connectivity index (χ3n) is 3.58. The smallest absolute Gasteiger partial charge is 0.0676 e. The summed E-state index contributed by atoms with van der Waals surface area (Å²) in [6.07, 6.45) is 7.09. The first kappa shape index (κ1) is 9.85. The molecule has 1 saturated heterocycles. The van der Waals surface area contributed by atoms with Gasteiger partial charge in [-0.15, -0.1) is 11.8 Å². The Balaban J connectivity index is 2.08. The van der Waals surface area contributed by atoms with Gasteiger partial charge in [-0.3, -0.25) is 5.32 Å². The monoisotopic (exact) mass is 199 g/mol. The zero-order chi connectivity index (χ0) is 9.31. The van der Waals surface area contributed by atoms with Crippen LogP contribution >= 0.6 is 11.8 Å². The first-order valence-corrected chi connectivity index (χ1v) is 6.67. The maximum atomic E-state index is 3.83. The summed E-state index contributed by atoms with van der Waals surface area (Å²) >= 11 is 2.20. The maximum Gasteiger partial charge on any atom is 0.0676 e. The molecular formula is C11H21NS. The molecule has 0 radical (unpaired) electrons. The molecule has 1 saturated carbocycles. The van der Waals surface area contributed by atoms with Gasteiger partial charge in [-0.05, 0) is 25.7 Å². The van der Waals surface area contributed by atoms with Crippen molar-refractivity contribution in [2.45, 2.75) is 56.9 Å². The van der Waals surface area contributed by atoms with Gasteiger partial charge in [0.05, 0.1) is 4.87 Å². The summed E-state index contributed by atoms with van der Waals surface area (Å²) < 4.78 is 0. The van der Waals surface area contributed by atoms with Crippen molar-refractivity contribution in [1.29, 1.82) is 0 Å². The van der Waals surface area contributed by atoms with Crippen LogP contribution in [-0.4, -0.2) is 16.7 Å². The molecule has 3 atom stereocenters. The fourth-order valence-electron chi connectivity index (χ4n) is 2.90. The van der Waals surface area contributed by atoms with Crippen LogP contribution in [0, 0.1) is 5.92 Å². The van der Waals surface area contributed by atoms with Crippen LogP contribution in [0.3, 0.4) is 0 Å². The minimum absolute atomic E-state index is 0.479. The number of thioether (sulfide) groups is 1. The topological polar surface area (TPSA) is 12.0 Å². The van der Waals surface area contributed by atoms with Gasteiger partial charge in [-0.1, -0.05) is 26.2 Å². The standard InChI is InChI=1S/C11H21NS/c1-3-10-6-4-5-7-11(10)12-9(2)8-13-11/h9-10,12H,3-8H2,1-2H3. The number of rotatable bonds is 1. The Morgan fingerprint density at radius 1 is 1.46 bits per heavy atom. The molecule has 2 rings (SSSR count). The van der Waals surface area contributed by atoms with E-state index in [1.807, 2.05) is 0 Å². The van der Waals surface area contributed by atoms with Crippen LogP contribution in [0.15, 0.2) is 0 Å². The van der Waals surface area contributed by atoms with Crippen molar-refractivity contribution in [3.8, 4) is 0 Å². The normalized spacial score (nSPS) is 45.7. The van der Waals surface area contributed by atoms with Gasteiger partial charge >= 0.3 is 0 Å². The molecular weight excluding hydrogens is 178 g/mol. The van der Waals surface area contributed by atoms with Crippen molar-refractivity contribution >= 4 is 11.8 Å². The van der Waals surface area contributed by atoms with Crippen LogP contribution in [0.25, 0.3) is 0 Å². The highest BCUT2D eigenvalue weighted by Crippen LogP contribution is 2.47. The number of hydrogen-bond acceptors (Lipinski definition) is 2. The fourth-order valence-corrected chi connectivity index (χ4v) is 4.63. The Labute approximate surface area is 86.0 Å². The molecule has 1 aliphatic carbocycles. The summed E-state index contributed by atoms with van der Waals surface area (Å²) in [6.45, 7) is 4.67. The third-order valence-corrected chi connectivity index (χ3v) is 5.42. The van der Waals surface area contributed by atoms with Crippen LogP contribution in [0.5, 0.6) is 0 Å². The Kier molecular flexibility index (Phi) is 2.89. The summed E-state index contributed by atoms with van der Waals surface area (Å²) in [5.41, 5.74) is 0. The SMILES string of the molecule is CCC1CCCCC12NC(C)CS2. The lowest BCUT2D eigenvalue weighted by Crippen LogP contribution is -2.48. The molecule has 0 aromatic carbocycles. The molecule has 0 amide bonds. The lowest BCUT2D eigenvalue weighted by molar-refractivity contribution is 0.225. The molecule has 0 aromatic heterocycles. The van der Waals surface area contributed by atoms with Gasteiger partial charge in [-0.2, -0.15) is 0 Å². The Morgan fingerprint density at radius 3 is 2.92 bits per heavy atom. The highest BCUT2D eigenvalue weighted by atomic mass is 32.2. The second-order valence-electron chi connectivity index (χ2n) is 4.60. The number of nitrogens with one attached hydrogen (secondary N) is 1. The van der Waals surface area contributed by atoms with E-state index in [0.717, 1.165) is 12.0 Å². The average Bonchev–Trinajstić information content (AvgIpc) is 2.49. The Hall–Kier alpha value is 0.310. The van der Waals surface area contributed by atoms with Crippen molar-refractivity contribution in [3.63, 3.8) is 0 Å². The van der Waals surface area contributed by atoms with Crippen LogP contribution in [0.2, 0.25) is 0 Å². The predicted molar refractivity (Wildman–Crippen MR) is 60.0 cm³/mol. The summed E-state index contributed by atoms with van der Waals surface area (Å²) in [7, 11) is 0. The molecule has 1 N–H and O–H groups in total. The van der Waals surface area contributed by atoms with Crippen molar-refractivity contribution < 1.29 is 0 Å². The minimum atomic E-state index is 0.479. The van der Waals surface area contributed by atoms with E-state index in [4.69, 9.17) is 0 Å². The van der Waals surface area contributed by atoms with Gasteiger partial charge in [0.25, 0.3) is 0 Å². The molecule has 2 aliphatic rings. The van der Waals surface area contributed by atoms with Crippen molar-refractivity contribution in [2.24, 2.45) is 5.92 Å². The van der Waals surface area contributed by atoms with E-state index in [0.29, 0.717) is 4.87 Å². The highest BCUT2D eigenvalue weighted by molar-refractivity contribution is 8.00. The van der Waals surface area contributed by atoms with E-state index >= 15 is 0 Å². The maximum absolute atomic E-state index is 3.83. The average molecular weight is 199 g/mol. The van der Waals surface area contributed by atoms with Crippen LogP contribution in [0.4, 0.5) is 0 Å². The van der Waals surface area contributed by atoms with E-state index in [1.165, 1.54) is 37.9 Å². The molecule has 2 heteroatoms. The predicted octanol–water partition coefficient (Wildman–Crippen LogP) is 3.01. The fraction of sp³-hybridized carbons (Fsp3) is 1.00. The van der Waals surface area contributed by atoms with Gasteiger partial charge < -0.3 is 0 Å². The van der Waals surface area contributed by atoms with Crippen LogP contribution in [0.1, 0.15) is 46.0 Å². The Morgan fingerprint density at radius 2 is 2.31 bits per heavy atom. The van der Waals surface area contributed by atoms with Gasteiger partial charge in [0.1, 0.15) is 0 Å². The third kappa shape index (κ3) is 1.75. The quantitative estimate of drug-likeness (QED) is 0.697. The van der Waals surface area contributed by atoms with Crippen LogP contribution < -0.4 is 5.32 Å². The lowest BCUT2D eigenvalue weighted by Gasteiger charge is -2.41. The van der Waals surface area contributed by atoms with E-state index in [9.17, 15) is 0 Å². The van der Waals surface area contributed by atoms with Crippen molar-refractivity contribution in [2.75, 3.05) is 5.75 Å². The molecule has 1 spiro atoms. The summed E-state index contributed by atoms with van der Waals surface area (Å²) in [5.74, 6) is 2.24. The molecule has 76 valence electrons. The summed E-state index contributed by atoms with van der Waals surface area (Å²) in [6, 6.07) is 0.733. The van der Waals surface area contributed by atoms with E-state index in [-0.39, 0.29) is 0 Å². The van der Waals surface area contributed by atoms with Gasteiger partial charge in [-0.25, -0.2) is 0 Å². The Bertz CT molecular complexity index is 179. The zero-order valence-corrected chi connectivity index (χ0v) is 9.62.